The van der Waals surface area contributed by atoms with E-state index in [-0.39, 0.29) is 10.5 Å². The Morgan fingerprint density at radius 2 is 1.61 bits per heavy atom. The molecule has 1 aromatic rings. The van der Waals surface area contributed by atoms with Crippen LogP contribution in [0.15, 0.2) is 23.1 Å². The molecule has 0 aliphatic heterocycles. The largest absolute Gasteiger partial charge is 0.281 e. The van der Waals surface area contributed by atoms with Gasteiger partial charge in [0, 0.05) is 10.7 Å². The van der Waals surface area contributed by atoms with Crippen LogP contribution >= 0.6 is 33.9 Å². The second-order valence-electron chi connectivity index (χ2n) is 3.80. The molecule has 2 unspecified atom stereocenters. The standard InChI is InChI=1S/C10H5Cl3O4S/c11-9(14)7-4-1-2-6(18(13,16)17)5(3-4)8(7)10(12)15/h1-3,7-8H. The molecular weight excluding hydrogens is 323 g/mol. The predicted molar refractivity (Wildman–Crippen MR) is 66.7 cm³/mol. The number of fused-ring (bicyclic) bond motifs is 2. The van der Waals surface area contributed by atoms with Gasteiger partial charge in [-0.15, -0.1) is 0 Å². The van der Waals surface area contributed by atoms with Gasteiger partial charge in [0.2, 0.25) is 10.5 Å². The van der Waals surface area contributed by atoms with Gasteiger partial charge in [-0.25, -0.2) is 8.42 Å². The fourth-order valence-electron chi connectivity index (χ4n) is 2.11. The summed E-state index contributed by atoms with van der Waals surface area (Å²) >= 11 is 10.8. The Kier molecular flexibility index (Phi) is 3.44. The quantitative estimate of drug-likeness (QED) is 0.799. The van der Waals surface area contributed by atoms with Gasteiger partial charge in [-0.1, -0.05) is 12.1 Å². The lowest BCUT2D eigenvalue weighted by Crippen LogP contribution is -2.17. The third-order valence-corrected chi connectivity index (χ3v) is 4.68. The molecule has 0 saturated carbocycles. The Morgan fingerprint density at radius 3 is 2.06 bits per heavy atom. The van der Waals surface area contributed by atoms with E-state index in [1.807, 2.05) is 0 Å². The van der Waals surface area contributed by atoms with E-state index in [1.54, 1.807) is 0 Å². The zero-order valence-electron chi connectivity index (χ0n) is 8.56. The van der Waals surface area contributed by atoms with Crippen LogP contribution in [0.4, 0.5) is 0 Å². The van der Waals surface area contributed by atoms with Crippen molar-refractivity contribution in [1.82, 2.24) is 0 Å². The molecule has 1 aromatic carbocycles. The molecule has 2 rings (SSSR count). The van der Waals surface area contributed by atoms with E-state index < -0.39 is 31.4 Å². The fourth-order valence-corrected chi connectivity index (χ4v) is 3.73. The average molecular weight is 328 g/mol. The summed E-state index contributed by atoms with van der Waals surface area (Å²) in [5.41, 5.74) is 0.564. The SMILES string of the molecule is O=C(Cl)C1c2ccc(S(=O)(=O)Cl)c(c2)C1C(=O)Cl. The predicted octanol–water partition coefficient (Wildman–Crippen LogP) is 2.33. The summed E-state index contributed by atoms with van der Waals surface area (Å²) in [4.78, 5) is 22.5. The first kappa shape index (κ1) is 13.8. The molecule has 0 heterocycles. The van der Waals surface area contributed by atoms with Crippen molar-refractivity contribution in [3.63, 3.8) is 0 Å². The third-order valence-electron chi connectivity index (χ3n) is 2.81. The zero-order valence-corrected chi connectivity index (χ0v) is 11.6. The molecule has 1 aliphatic rings. The minimum absolute atomic E-state index is 0.113. The van der Waals surface area contributed by atoms with Crippen LogP contribution in [0.25, 0.3) is 0 Å². The summed E-state index contributed by atoms with van der Waals surface area (Å²) in [5, 5.41) is -1.62. The molecule has 1 aliphatic carbocycles. The number of carbonyl (C=O) groups excluding carboxylic acids is 2. The summed E-state index contributed by atoms with van der Waals surface area (Å²) in [6.45, 7) is 0. The molecule has 4 nitrogen and oxygen atoms in total. The van der Waals surface area contributed by atoms with Crippen LogP contribution in [0.3, 0.4) is 0 Å². The Labute approximate surface area is 117 Å². The Bertz CT molecular complexity index is 653. The number of benzene rings is 1. The van der Waals surface area contributed by atoms with Crippen LogP contribution < -0.4 is 0 Å². The number of hydrogen-bond donors (Lipinski definition) is 0. The van der Waals surface area contributed by atoms with Crippen LogP contribution in [0.5, 0.6) is 0 Å². The van der Waals surface area contributed by atoms with Gasteiger partial charge in [0.1, 0.15) is 0 Å². The topological polar surface area (TPSA) is 68.3 Å². The maximum atomic E-state index is 11.4. The van der Waals surface area contributed by atoms with Crippen LogP contribution in [-0.4, -0.2) is 18.9 Å². The monoisotopic (exact) mass is 326 g/mol. The second kappa shape index (κ2) is 4.49. The number of hydrogen-bond acceptors (Lipinski definition) is 4. The Balaban J connectivity index is 2.68. The lowest BCUT2D eigenvalue weighted by Gasteiger charge is -2.13. The van der Waals surface area contributed by atoms with Gasteiger partial charge in [0.05, 0.1) is 16.7 Å². The van der Waals surface area contributed by atoms with E-state index in [0.717, 1.165) is 0 Å². The Morgan fingerprint density at radius 1 is 1.06 bits per heavy atom. The van der Waals surface area contributed by atoms with E-state index in [1.165, 1.54) is 18.2 Å². The number of carbonyl (C=O) groups is 2. The van der Waals surface area contributed by atoms with Crippen LogP contribution in [0.2, 0.25) is 0 Å². The van der Waals surface area contributed by atoms with Crippen molar-refractivity contribution < 1.29 is 18.0 Å². The maximum absolute atomic E-state index is 11.4. The van der Waals surface area contributed by atoms with Crippen molar-refractivity contribution >= 4 is 53.4 Å². The first-order chi connectivity index (χ1) is 8.23. The second-order valence-corrected chi connectivity index (χ2v) is 7.08. The summed E-state index contributed by atoms with van der Waals surface area (Å²) in [6, 6.07) is 4.04. The first-order valence-electron chi connectivity index (χ1n) is 4.70. The van der Waals surface area contributed by atoms with Crippen molar-refractivity contribution in [3.05, 3.63) is 29.3 Å². The third kappa shape index (κ3) is 2.16. The Hall–Kier alpha value is -0.620. The summed E-state index contributed by atoms with van der Waals surface area (Å²) in [7, 11) is 1.24. The first-order valence-corrected chi connectivity index (χ1v) is 7.77. The van der Waals surface area contributed by atoms with Crippen molar-refractivity contribution in [1.29, 1.82) is 0 Å². The van der Waals surface area contributed by atoms with Crippen LogP contribution in [0.1, 0.15) is 23.0 Å². The van der Waals surface area contributed by atoms with Crippen molar-refractivity contribution in [2.45, 2.75) is 16.7 Å². The highest BCUT2D eigenvalue weighted by atomic mass is 35.7. The van der Waals surface area contributed by atoms with Gasteiger partial charge >= 0.3 is 0 Å². The van der Waals surface area contributed by atoms with Crippen molar-refractivity contribution in [3.8, 4) is 0 Å². The van der Waals surface area contributed by atoms with E-state index >= 15 is 0 Å². The average Bonchev–Trinajstić information content (AvgIpc) is 2.49. The molecule has 0 spiro atoms. The van der Waals surface area contributed by atoms with Gasteiger partial charge in [-0.05, 0) is 40.4 Å². The van der Waals surface area contributed by atoms with Crippen LogP contribution in [0, 0.1) is 0 Å². The molecule has 0 amide bonds. The van der Waals surface area contributed by atoms with Crippen LogP contribution in [-0.2, 0) is 18.6 Å². The molecular formula is C10H5Cl3O4S. The van der Waals surface area contributed by atoms with Crippen molar-refractivity contribution in [2.24, 2.45) is 0 Å². The fraction of sp³-hybridized carbons (Fsp3) is 0.200. The van der Waals surface area contributed by atoms with Gasteiger partial charge in [-0.2, -0.15) is 0 Å². The van der Waals surface area contributed by atoms with E-state index in [4.69, 9.17) is 33.9 Å². The van der Waals surface area contributed by atoms with E-state index in [0.29, 0.717) is 5.56 Å². The highest BCUT2D eigenvalue weighted by Crippen LogP contribution is 2.46. The molecule has 0 N–H and O–H groups in total. The summed E-state index contributed by atoms with van der Waals surface area (Å²) in [5.74, 6) is -2.07. The van der Waals surface area contributed by atoms with E-state index in [9.17, 15) is 18.0 Å². The lowest BCUT2D eigenvalue weighted by molar-refractivity contribution is -0.118. The van der Waals surface area contributed by atoms with Gasteiger partial charge < -0.3 is 0 Å². The van der Waals surface area contributed by atoms with E-state index in [2.05, 4.69) is 0 Å². The number of halogens is 3. The lowest BCUT2D eigenvalue weighted by atomic mass is 9.93. The highest BCUT2D eigenvalue weighted by Gasteiger charge is 2.42. The smallest absolute Gasteiger partial charge is 0.261 e. The molecule has 18 heavy (non-hydrogen) atoms. The van der Waals surface area contributed by atoms with Crippen molar-refractivity contribution in [2.75, 3.05) is 0 Å². The van der Waals surface area contributed by atoms with Gasteiger partial charge in [-0.3, -0.25) is 9.59 Å². The molecule has 2 atom stereocenters. The summed E-state index contributed by atoms with van der Waals surface area (Å²) < 4.78 is 22.7. The molecule has 0 saturated heterocycles. The zero-order chi connectivity index (χ0) is 13.7. The molecule has 2 bridgehead atoms. The number of rotatable bonds is 3. The molecule has 0 fully saturated rings. The minimum Gasteiger partial charge on any atom is -0.281 e. The molecule has 96 valence electrons. The summed E-state index contributed by atoms with van der Waals surface area (Å²) in [6.07, 6.45) is 0. The normalized spacial score (nSPS) is 21.9. The van der Waals surface area contributed by atoms with Gasteiger partial charge in [0.25, 0.3) is 9.05 Å². The molecule has 8 heteroatoms. The highest BCUT2D eigenvalue weighted by molar-refractivity contribution is 8.13. The molecule has 0 radical (unpaired) electrons. The maximum Gasteiger partial charge on any atom is 0.261 e. The molecule has 0 aromatic heterocycles. The van der Waals surface area contributed by atoms with Gasteiger partial charge in [0.15, 0.2) is 0 Å². The minimum atomic E-state index is -4.02.